The van der Waals surface area contributed by atoms with Gasteiger partial charge >= 0.3 is 0 Å². The summed E-state index contributed by atoms with van der Waals surface area (Å²) in [6, 6.07) is 11.0. The van der Waals surface area contributed by atoms with Gasteiger partial charge in [-0.05, 0) is 46.3 Å². The largest absolute Gasteiger partial charge is 0.495 e. The number of hydrogen-bond donors (Lipinski definition) is 2. The van der Waals surface area contributed by atoms with Gasteiger partial charge in [0.25, 0.3) is 0 Å². The lowest BCUT2D eigenvalue weighted by atomic mass is 10.2. The summed E-state index contributed by atoms with van der Waals surface area (Å²) in [7, 11) is 1.62. The van der Waals surface area contributed by atoms with E-state index < -0.39 is 0 Å². The maximum Gasteiger partial charge on any atom is 0.135 e. The third kappa shape index (κ3) is 2.89. The Hall–Kier alpha value is -1.39. The standard InChI is InChI=1S/C13H12BrClN2O/c1-18-13-7-9(3-4-10(13)14)17-12-6-8(15)2-5-11(12)16/h2-7,17H,16H2,1H3. The molecule has 2 aromatic carbocycles. The highest BCUT2D eigenvalue weighted by atomic mass is 79.9. The van der Waals surface area contributed by atoms with Crippen molar-refractivity contribution in [3.63, 3.8) is 0 Å². The smallest absolute Gasteiger partial charge is 0.135 e. The first kappa shape index (κ1) is 13.1. The number of anilines is 3. The monoisotopic (exact) mass is 326 g/mol. The summed E-state index contributed by atoms with van der Waals surface area (Å²) in [5.41, 5.74) is 8.17. The summed E-state index contributed by atoms with van der Waals surface area (Å²) in [6.45, 7) is 0. The molecule has 0 saturated carbocycles. The zero-order valence-electron chi connectivity index (χ0n) is 9.71. The van der Waals surface area contributed by atoms with E-state index in [4.69, 9.17) is 22.1 Å². The number of rotatable bonds is 3. The van der Waals surface area contributed by atoms with Crippen molar-refractivity contribution in [3.05, 3.63) is 45.9 Å². The van der Waals surface area contributed by atoms with E-state index in [9.17, 15) is 0 Å². The quantitative estimate of drug-likeness (QED) is 0.819. The van der Waals surface area contributed by atoms with Crippen molar-refractivity contribution in [3.8, 4) is 5.75 Å². The van der Waals surface area contributed by atoms with E-state index in [0.29, 0.717) is 10.7 Å². The summed E-state index contributed by atoms with van der Waals surface area (Å²) in [5.74, 6) is 0.751. The molecule has 0 heterocycles. The van der Waals surface area contributed by atoms with Crippen LogP contribution in [0.15, 0.2) is 40.9 Å². The SMILES string of the molecule is COc1cc(Nc2cc(Cl)ccc2N)ccc1Br. The van der Waals surface area contributed by atoms with Crippen LogP contribution in [0.2, 0.25) is 5.02 Å². The molecule has 0 aliphatic heterocycles. The lowest BCUT2D eigenvalue weighted by Gasteiger charge is -2.11. The number of nitrogens with two attached hydrogens (primary N) is 1. The minimum atomic E-state index is 0.635. The van der Waals surface area contributed by atoms with Gasteiger partial charge in [-0.3, -0.25) is 0 Å². The summed E-state index contributed by atoms with van der Waals surface area (Å²) in [6.07, 6.45) is 0. The number of benzene rings is 2. The number of ether oxygens (including phenoxy) is 1. The molecule has 0 saturated heterocycles. The Balaban J connectivity index is 2.31. The maximum absolute atomic E-state index is 5.94. The third-order valence-corrected chi connectivity index (χ3v) is 3.34. The molecule has 3 N–H and O–H groups in total. The van der Waals surface area contributed by atoms with Crippen molar-refractivity contribution >= 4 is 44.6 Å². The fourth-order valence-corrected chi connectivity index (χ4v) is 2.11. The Kier molecular flexibility index (Phi) is 3.99. The van der Waals surface area contributed by atoms with Crippen molar-refractivity contribution in [2.75, 3.05) is 18.2 Å². The van der Waals surface area contributed by atoms with Gasteiger partial charge in [0.05, 0.1) is 23.0 Å². The third-order valence-electron chi connectivity index (χ3n) is 2.45. The zero-order chi connectivity index (χ0) is 13.1. The first-order valence-electron chi connectivity index (χ1n) is 5.26. The molecule has 0 amide bonds. The van der Waals surface area contributed by atoms with Crippen molar-refractivity contribution in [1.82, 2.24) is 0 Å². The van der Waals surface area contributed by atoms with Crippen molar-refractivity contribution in [1.29, 1.82) is 0 Å². The highest BCUT2D eigenvalue weighted by Gasteiger charge is 2.04. The van der Waals surface area contributed by atoms with Crippen molar-refractivity contribution in [2.24, 2.45) is 0 Å². The molecule has 0 fully saturated rings. The summed E-state index contributed by atoms with van der Waals surface area (Å²) < 4.78 is 6.13. The number of nitrogens with one attached hydrogen (secondary N) is 1. The topological polar surface area (TPSA) is 47.3 Å². The number of methoxy groups -OCH3 is 1. The van der Waals surface area contributed by atoms with Crippen LogP contribution >= 0.6 is 27.5 Å². The zero-order valence-corrected chi connectivity index (χ0v) is 12.0. The lowest BCUT2D eigenvalue weighted by Crippen LogP contribution is -1.96. The first-order chi connectivity index (χ1) is 8.60. The number of halogens is 2. The van der Waals surface area contributed by atoms with Crippen LogP contribution in [0.5, 0.6) is 5.75 Å². The first-order valence-corrected chi connectivity index (χ1v) is 6.43. The van der Waals surface area contributed by atoms with E-state index in [2.05, 4.69) is 21.2 Å². The molecule has 5 heteroatoms. The molecule has 0 aliphatic carbocycles. The molecule has 0 bridgehead atoms. The summed E-state index contributed by atoms with van der Waals surface area (Å²) in [4.78, 5) is 0. The number of hydrogen-bond acceptors (Lipinski definition) is 3. The van der Waals surface area contributed by atoms with Crippen molar-refractivity contribution in [2.45, 2.75) is 0 Å². The van der Waals surface area contributed by atoms with E-state index >= 15 is 0 Å². The van der Waals surface area contributed by atoms with Crippen LogP contribution in [0.3, 0.4) is 0 Å². The molecule has 2 aromatic rings. The minimum absolute atomic E-state index is 0.635. The molecule has 3 nitrogen and oxygen atoms in total. The fraction of sp³-hybridized carbons (Fsp3) is 0.0769. The van der Waals surface area contributed by atoms with Gasteiger partial charge in [-0.15, -0.1) is 0 Å². The molecule has 2 rings (SSSR count). The van der Waals surface area contributed by atoms with E-state index in [0.717, 1.165) is 21.6 Å². The second-order valence-electron chi connectivity index (χ2n) is 3.71. The summed E-state index contributed by atoms with van der Waals surface area (Å²) in [5, 5.41) is 3.84. The van der Waals surface area contributed by atoms with Gasteiger partial charge in [0.15, 0.2) is 0 Å². The van der Waals surface area contributed by atoms with Gasteiger partial charge in [-0.1, -0.05) is 11.6 Å². The van der Waals surface area contributed by atoms with Crippen LogP contribution in [-0.4, -0.2) is 7.11 Å². The van der Waals surface area contributed by atoms with Crippen LogP contribution in [0.4, 0.5) is 17.1 Å². The Morgan fingerprint density at radius 2 is 2.00 bits per heavy atom. The van der Waals surface area contributed by atoms with Gasteiger partial charge < -0.3 is 15.8 Å². The molecule has 0 aliphatic rings. The highest BCUT2D eigenvalue weighted by Crippen LogP contribution is 2.31. The van der Waals surface area contributed by atoms with E-state index in [1.807, 2.05) is 18.2 Å². The Morgan fingerprint density at radius 1 is 1.22 bits per heavy atom. The molecule has 0 aromatic heterocycles. The Labute approximate surface area is 119 Å². The average Bonchev–Trinajstić information content (AvgIpc) is 2.36. The molecule has 18 heavy (non-hydrogen) atoms. The van der Waals surface area contributed by atoms with Gasteiger partial charge in [-0.2, -0.15) is 0 Å². The second kappa shape index (κ2) is 5.50. The molecule has 0 spiro atoms. The van der Waals surface area contributed by atoms with Crippen LogP contribution in [-0.2, 0) is 0 Å². The lowest BCUT2D eigenvalue weighted by molar-refractivity contribution is 0.412. The molecule has 94 valence electrons. The normalized spacial score (nSPS) is 10.2. The second-order valence-corrected chi connectivity index (χ2v) is 5.00. The predicted molar refractivity (Wildman–Crippen MR) is 79.8 cm³/mol. The van der Waals surface area contributed by atoms with Gasteiger partial charge in [0, 0.05) is 16.8 Å². The predicted octanol–water partition coefficient (Wildman–Crippen LogP) is 4.44. The minimum Gasteiger partial charge on any atom is -0.495 e. The molecular weight excluding hydrogens is 316 g/mol. The average molecular weight is 328 g/mol. The molecule has 0 radical (unpaired) electrons. The van der Waals surface area contributed by atoms with Gasteiger partial charge in [-0.25, -0.2) is 0 Å². The molecular formula is C13H12BrClN2O. The molecule has 0 atom stereocenters. The highest BCUT2D eigenvalue weighted by molar-refractivity contribution is 9.10. The number of nitrogen functional groups attached to an aromatic ring is 1. The van der Waals surface area contributed by atoms with Crippen LogP contribution < -0.4 is 15.8 Å². The van der Waals surface area contributed by atoms with E-state index in [1.54, 1.807) is 25.3 Å². The Bertz CT molecular complexity index is 575. The van der Waals surface area contributed by atoms with Crippen LogP contribution in [0, 0.1) is 0 Å². The maximum atomic E-state index is 5.94. The van der Waals surface area contributed by atoms with Gasteiger partial charge in [0.2, 0.25) is 0 Å². The van der Waals surface area contributed by atoms with Gasteiger partial charge in [0.1, 0.15) is 5.75 Å². The summed E-state index contributed by atoms with van der Waals surface area (Å²) >= 11 is 9.34. The Morgan fingerprint density at radius 3 is 2.72 bits per heavy atom. The van der Waals surface area contributed by atoms with Crippen molar-refractivity contribution < 1.29 is 4.74 Å². The van der Waals surface area contributed by atoms with E-state index in [1.165, 1.54) is 0 Å². The fourth-order valence-electron chi connectivity index (χ4n) is 1.53. The van der Waals surface area contributed by atoms with E-state index in [-0.39, 0.29) is 0 Å². The molecule has 0 unspecified atom stereocenters. The van der Waals surface area contributed by atoms with Crippen LogP contribution in [0.25, 0.3) is 0 Å². The van der Waals surface area contributed by atoms with Crippen LogP contribution in [0.1, 0.15) is 0 Å².